The predicted octanol–water partition coefficient (Wildman–Crippen LogP) is 2.91. The third kappa shape index (κ3) is 5.37. The number of halogens is 3. The van der Waals surface area contributed by atoms with E-state index in [0.717, 1.165) is 31.7 Å². The number of alkyl halides is 3. The number of methoxy groups -OCH3 is 1. The first-order valence-electron chi connectivity index (χ1n) is 9.99. The Bertz CT molecular complexity index is 554. The second-order valence-corrected chi connectivity index (χ2v) is 7.91. The molecule has 2 heterocycles. The molecule has 3 fully saturated rings. The molecule has 2 atom stereocenters. The zero-order valence-electron chi connectivity index (χ0n) is 16.6. The van der Waals surface area contributed by atoms with Crippen LogP contribution in [0.15, 0.2) is 0 Å². The van der Waals surface area contributed by atoms with Crippen LogP contribution in [0, 0.1) is 5.92 Å². The third-order valence-corrected chi connectivity index (χ3v) is 6.06. The van der Waals surface area contributed by atoms with Crippen molar-refractivity contribution in [1.82, 2.24) is 9.80 Å². The van der Waals surface area contributed by atoms with Crippen LogP contribution in [0.2, 0.25) is 0 Å². The van der Waals surface area contributed by atoms with Crippen LogP contribution in [0.3, 0.4) is 0 Å². The average Bonchev–Trinajstić information content (AvgIpc) is 3.39. The maximum Gasteiger partial charge on any atom is 0.490 e. The Labute approximate surface area is 164 Å². The van der Waals surface area contributed by atoms with E-state index in [1.807, 2.05) is 0 Å². The minimum Gasteiger partial charge on any atom is -0.475 e. The van der Waals surface area contributed by atoms with E-state index in [2.05, 4.69) is 16.7 Å². The molecular weight excluding hydrogens is 377 g/mol. The Morgan fingerprint density at radius 3 is 2.46 bits per heavy atom. The Morgan fingerprint density at radius 1 is 1.32 bits per heavy atom. The van der Waals surface area contributed by atoms with Crippen molar-refractivity contribution < 1.29 is 32.6 Å². The zero-order valence-corrected chi connectivity index (χ0v) is 16.6. The maximum absolute atomic E-state index is 12.4. The number of carboxylic acids is 1. The van der Waals surface area contributed by atoms with Gasteiger partial charge in [-0.25, -0.2) is 4.79 Å². The van der Waals surface area contributed by atoms with Crippen molar-refractivity contribution in [2.24, 2.45) is 5.92 Å². The molecule has 2 saturated heterocycles. The lowest BCUT2D eigenvalue weighted by atomic mass is 9.77. The summed E-state index contributed by atoms with van der Waals surface area (Å²) < 4.78 is 37.0. The number of hydrogen-bond donors (Lipinski definition) is 1. The van der Waals surface area contributed by atoms with E-state index in [0.29, 0.717) is 18.6 Å². The molecule has 0 radical (unpaired) electrons. The molecular formula is C19H31F3N2O4. The summed E-state index contributed by atoms with van der Waals surface area (Å²) in [6.45, 7) is 6.21. The number of aliphatic carboxylic acids is 1. The summed E-state index contributed by atoms with van der Waals surface area (Å²) in [6, 6.07) is 0.551. The normalized spacial score (nSPS) is 28.4. The number of carbonyl (C=O) groups is 2. The van der Waals surface area contributed by atoms with Crippen LogP contribution in [-0.2, 0) is 14.3 Å². The Morgan fingerprint density at radius 2 is 1.96 bits per heavy atom. The number of amides is 1. The summed E-state index contributed by atoms with van der Waals surface area (Å²) in [4.78, 5) is 26.2. The van der Waals surface area contributed by atoms with Crippen molar-refractivity contribution in [3.8, 4) is 0 Å². The Hall–Kier alpha value is -1.35. The van der Waals surface area contributed by atoms with E-state index in [1.54, 1.807) is 7.11 Å². The number of rotatable bonds is 6. The van der Waals surface area contributed by atoms with Crippen molar-refractivity contribution in [2.45, 2.75) is 69.6 Å². The molecule has 0 bridgehead atoms. The molecule has 2 aliphatic heterocycles. The minimum absolute atomic E-state index is 0.0947. The first-order chi connectivity index (χ1) is 13.2. The molecule has 1 N–H and O–H groups in total. The SMILES string of the molecule is CC[C@@H]1N(CC2CC2)CCC[C@]12CCC(=O)N2CCOC.O=C(O)C(F)(F)F. The van der Waals surface area contributed by atoms with Crippen molar-refractivity contribution in [3.05, 3.63) is 0 Å². The van der Waals surface area contributed by atoms with Gasteiger partial charge >= 0.3 is 12.1 Å². The molecule has 0 unspecified atom stereocenters. The molecule has 28 heavy (non-hydrogen) atoms. The van der Waals surface area contributed by atoms with Crippen LogP contribution in [0.1, 0.15) is 51.9 Å². The maximum atomic E-state index is 12.4. The molecule has 0 aromatic rings. The predicted molar refractivity (Wildman–Crippen MR) is 96.9 cm³/mol. The van der Waals surface area contributed by atoms with E-state index >= 15 is 0 Å². The Kier molecular flexibility index (Phi) is 7.73. The highest BCUT2D eigenvalue weighted by Crippen LogP contribution is 2.44. The number of piperidine rings is 1. The van der Waals surface area contributed by atoms with Crippen LogP contribution in [0.5, 0.6) is 0 Å². The fourth-order valence-electron chi connectivity index (χ4n) is 4.72. The summed E-state index contributed by atoms with van der Waals surface area (Å²) in [5.74, 6) is -1.48. The van der Waals surface area contributed by atoms with Crippen LogP contribution in [-0.4, -0.2) is 77.9 Å². The quantitative estimate of drug-likeness (QED) is 0.732. The summed E-state index contributed by atoms with van der Waals surface area (Å²) in [6.07, 6.45) is 3.09. The highest BCUT2D eigenvalue weighted by atomic mass is 19.4. The summed E-state index contributed by atoms with van der Waals surface area (Å²) in [5, 5.41) is 7.12. The van der Waals surface area contributed by atoms with Gasteiger partial charge in [0.2, 0.25) is 5.91 Å². The van der Waals surface area contributed by atoms with E-state index in [4.69, 9.17) is 14.6 Å². The number of hydrogen-bond acceptors (Lipinski definition) is 4. The number of nitrogens with zero attached hydrogens (tertiary/aromatic N) is 2. The van der Waals surface area contributed by atoms with Crippen molar-refractivity contribution in [2.75, 3.05) is 33.4 Å². The lowest BCUT2D eigenvalue weighted by molar-refractivity contribution is -0.192. The summed E-state index contributed by atoms with van der Waals surface area (Å²) in [7, 11) is 1.73. The molecule has 1 spiro atoms. The lowest BCUT2D eigenvalue weighted by Gasteiger charge is -2.52. The van der Waals surface area contributed by atoms with Gasteiger partial charge in [0, 0.05) is 32.7 Å². The number of carbonyl (C=O) groups excluding carboxylic acids is 1. The van der Waals surface area contributed by atoms with Gasteiger partial charge in [0.15, 0.2) is 0 Å². The van der Waals surface area contributed by atoms with Crippen LogP contribution < -0.4 is 0 Å². The monoisotopic (exact) mass is 408 g/mol. The van der Waals surface area contributed by atoms with E-state index in [-0.39, 0.29) is 5.54 Å². The second kappa shape index (κ2) is 9.43. The molecule has 1 saturated carbocycles. The molecule has 162 valence electrons. The van der Waals surface area contributed by atoms with E-state index in [9.17, 15) is 18.0 Å². The van der Waals surface area contributed by atoms with E-state index < -0.39 is 12.1 Å². The first kappa shape index (κ1) is 22.9. The summed E-state index contributed by atoms with van der Waals surface area (Å²) >= 11 is 0. The summed E-state index contributed by atoms with van der Waals surface area (Å²) in [5.41, 5.74) is 0.0947. The van der Waals surface area contributed by atoms with Gasteiger partial charge < -0.3 is 14.7 Å². The van der Waals surface area contributed by atoms with Gasteiger partial charge in [0.05, 0.1) is 12.1 Å². The molecule has 6 nitrogen and oxygen atoms in total. The number of likely N-dealkylation sites (tertiary alicyclic amines) is 2. The Balaban J connectivity index is 0.000000345. The van der Waals surface area contributed by atoms with Gasteiger partial charge in [-0.2, -0.15) is 13.2 Å². The van der Waals surface area contributed by atoms with Gasteiger partial charge in [-0.05, 0) is 51.0 Å². The van der Waals surface area contributed by atoms with Gasteiger partial charge in [-0.3, -0.25) is 9.69 Å². The third-order valence-electron chi connectivity index (χ3n) is 6.06. The zero-order chi connectivity index (χ0) is 20.9. The van der Waals surface area contributed by atoms with Gasteiger partial charge in [-0.1, -0.05) is 6.92 Å². The smallest absolute Gasteiger partial charge is 0.475 e. The number of carboxylic acid groups (broad SMARTS) is 1. The van der Waals surface area contributed by atoms with Crippen LogP contribution in [0.4, 0.5) is 13.2 Å². The largest absolute Gasteiger partial charge is 0.490 e. The fourth-order valence-corrected chi connectivity index (χ4v) is 4.72. The minimum atomic E-state index is -5.08. The topological polar surface area (TPSA) is 70.1 Å². The molecule has 3 rings (SSSR count). The van der Waals surface area contributed by atoms with Crippen LogP contribution in [0.25, 0.3) is 0 Å². The molecule has 1 aliphatic carbocycles. The average molecular weight is 408 g/mol. The van der Waals surface area contributed by atoms with Crippen molar-refractivity contribution in [1.29, 1.82) is 0 Å². The standard InChI is InChI=1S/C17H30N2O2.C2HF3O2/c1-3-15-17(8-4-10-18(15)13-14-5-6-14)9-7-16(20)19(17)11-12-21-2;3-2(4,5)1(6)7/h14-15H,3-13H2,1-2H3;(H,6,7)/t15-,17-;/m0./s1. The van der Waals surface area contributed by atoms with Gasteiger partial charge in [0.25, 0.3) is 0 Å². The second-order valence-electron chi connectivity index (χ2n) is 7.91. The molecule has 1 amide bonds. The van der Waals surface area contributed by atoms with Crippen LogP contribution >= 0.6 is 0 Å². The van der Waals surface area contributed by atoms with E-state index in [1.165, 1.54) is 38.8 Å². The molecule has 9 heteroatoms. The van der Waals surface area contributed by atoms with Gasteiger partial charge in [-0.15, -0.1) is 0 Å². The molecule has 0 aromatic heterocycles. The van der Waals surface area contributed by atoms with Crippen molar-refractivity contribution in [3.63, 3.8) is 0 Å². The first-order valence-corrected chi connectivity index (χ1v) is 9.99. The molecule has 3 aliphatic rings. The van der Waals surface area contributed by atoms with Gasteiger partial charge in [0.1, 0.15) is 0 Å². The lowest BCUT2D eigenvalue weighted by Crippen LogP contribution is -2.63. The fraction of sp³-hybridized carbons (Fsp3) is 0.895. The van der Waals surface area contributed by atoms with Crippen molar-refractivity contribution >= 4 is 11.9 Å². The number of ether oxygens (including phenoxy) is 1. The highest BCUT2D eigenvalue weighted by Gasteiger charge is 2.53. The highest BCUT2D eigenvalue weighted by molar-refractivity contribution is 5.80. The molecule has 0 aromatic carbocycles.